The van der Waals surface area contributed by atoms with Crippen LogP contribution < -0.4 is 5.56 Å². The number of aromatic hydroxyl groups is 1. The van der Waals surface area contributed by atoms with E-state index in [0.717, 1.165) is 4.57 Å². The third kappa shape index (κ3) is 3.07. The van der Waals surface area contributed by atoms with Crippen molar-refractivity contribution in [2.45, 2.75) is 32.6 Å². The summed E-state index contributed by atoms with van der Waals surface area (Å²) in [7, 11) is -4.25. The molecule has 0 aliphatic heterocycles. The van der Waals surface area contributed by atoms with Gasteiger partial charge in [0.05, 0.1) is 0 Å². The number of aryl methyl sites for hydroxylation is 1. The molecule has 0 fully saturated rings. The lowest BCUT2D eigenvalue weighted by atomic mass is 10.1. The van der Waals surface area contributed by atoms with Gasteiger partial charge >= 0.3 is 0 Å². The molecule has 0 amide bonds. The SMILES string of the molecule is Cc1cc(=O)n(C(C)C)c(O)c1CS(=O)(=O)O. The van der Waals surface area contributed by atoms with Gasteiger partial charge in [0.15, 0.2) is 5.88 Å². The van der Waals surface area contributed by atoms with E-state index in [1.807, 2.05) is 0 Å². The molecule has 0 aliphatic carbocycles. The van der Waals surface area contributed by atoms with Crippen molar-refractivity contribution < 1.29 is 18.1 Å². The Hall–Kier alpha value is -1.34. The van der Waals surface area contributed by atoms with Gasteiger partial charge in [-0.05, 0) is 26.3 Å². The van der Waals surface area contributed by atoms with E-state index < -0.39 is 27.3 Å². The molecule has 1 aromatic rings. The van der Waals surface area contributed by atoms with Crippen LogP contribution in [0, 0.1) is 6.92 Å². The lowest BCUT2D eigenvalue weighted by molar-refractivity contribution is 0.381. The van der Waals surface area contributed by atoms with Crippen LogP contribution in [-0.2, 0) is 15.9 Å². The Morgan fingerprint density at radius 2 is 1.94 bits per heavy atom. The number of aromatic nitrogens is 1. The van der Waals surface area contributed by atoms with Gasteiger partial charge < -0.3 is 5.11 Å². The van der Waals surface area contributed by atoms with E-state index in [-0.39, 0.29) is 11.6 Å². The molecule has 0 radical (unpaired) electrons. The molecule has 6 nitrogen and oxygen atoms in total. The zero-order chi connectivity index (χ0) is 13.4. The van der Waals surface area contributed by atoms with Crippen LogP contribution in [0.4, 0.5) is 0 Å². The first-order valence-electron chi connectivity index (χ1n) is 5.02. The number of hydrogen-bond acceptors (Lipinski definition) is 4. The predicted octanol–water partition coefficient (Wildman–Crippen LogP) is 0.831. The number of pyridine rings is 1. The number of rotatable bonds is 3. The Morgan fingerprint density at radius 3 is 2.35 bits per heavy atom. The van der Waals surface area contributed by atoms with Crippen molar-refractivity contribution in [2.75, 3.05) is 0 Å². The molecule has 0 spiro atoms. The molecule has 0 unspecified atom stereocenters. The van der Waals surface area contributed by atoms with Gasteiger partial charge in [0.2, 0.25) is 0 Å². The van der Waals surface area contributed by atoms with Crippen LogP contribution >= 0.6 is 0 Å². The normalized spacial score (nSPS) is 12.1. The second kappa shape index (κ2) is 4.50. The molecule has 17 heavy (non-hydrogen) atoms. The van der Waals surface area contributed by atoms with Gasteiger partial charge in [-0.2, -0.15) is 8.42 Å². The molecule has 0 aromatic carbocycles. The quantitative estimate of drug-likeness (QED) is 0.785. The highest BCUT2D eigenvalue weighted by Crippen LogP contribution is 2.23. The summed E-state index contributed by atoms with van der Waals surface area (Å²) in [5.41, 5.74) is -0.0306. The monoisotopic (exact) mass is 261 g/mol. The van der Waals surface area contributed by atoms with Crippen molar-refractivity contribution >= 4 is 10.1 Å². The average Bonchev–Trinajstić information content (AvgIpc) is 2.09. The molecule has 7 heteroatoms. The van der Waals surface area contributed by atoms with Crippen molar-refractivity contribution in [3.8, 4) is 5.88 Å². The highest BCUT2D eigenvalue weighted by molar-refractivity contribution is 7.85. The van der Waals surface area contributed by atoms with Crippen LogP contribution in [0.15, 0.2) is 10.9 Å². The Balaban J connectivity index is 3.52. The minimum atomic E-state index is -4.25. The highest BCUT2D eigenvalue weighted by Gasteiger charge is 2.19. The number of hydrogen-bond donors (Lipinski definition) is 2. The maximum Gasteiger partial charge on any atom is 0.269 e. The summed E-state index contributed by atoms with van der Waals surface area (Å²) in [6.45, 7) is 4.88. The van der Waals surface area contributed by atoms with Crippen molar-refractivity contribution in [3.05, 3.63) is 27.5 Å². The molecule has 0 saturated carbocycles. The average molecular weight is 261 g/mol. The van der Waals surface area contributed by atoms with Crippen LogP contribution in [0.2, 0.25) is 0 Å². The standard InChI is InChI=1S/C10H15NO5S/c1-6(2)11-9(12)4-7(3)8(10(11)13)5-17(14,15)16/h4,6,13H,5H2,1-3H3,(H,14,15,16). The van der Waals surface area contributed by atoms with E-state index in [1.54, 1.807) is 13.8 Å². The topological polar surface area (TPSA) is 96.6 Å². The Bertz CT molecular complexity index is 585. The van der Waals surface area contributed by atoms with E-state index in [0.29, 0.717) is 5.56 Å². The summed E-state index contributed by atoms with van der Waals surface area (Å²) in [6, 6.07) is 0.934. The second-order valence-corrected chi connectivity index (χ2v) is 5.61. The minimum Gasteiger partial charge on any atom is -0.494 e. The minimum absolute atomic E-state index is 0.0424. The Labute approximate surface area is 99.3 Å². The van der Waals surface area contributed by atoms with Gasteiger partial charge in [0, 0.05) is 17.7 Å². The molecular weight excluding hydrogens is 246 g/mol. The summed E-state index contributed by atoms with van der Waals surface area (Å²) in [5.74, 6) is -1.12. The van der Waals surface area contributed by atoms with Gasteiger partial charge in [-0.3, -0.25) is 13.9 Å². The molecule has 1 aromatic heterocycles. The van der Waals surface area contributed by atoms with E-state index in [4.69, 9.17) is 4.55 Å². The third-order valence-corrected chi connectivity index (χ3v) is 3.05. The first-order valence-corrected chi connectivity index (χ1v) is 6.63. The smallest absolute Gasteiger partial charge is 0.269 e. The third-order valence-electron chi connectivity index (χ3n) is 2.39. The fourth-order valence-corrected chi connectivity index (χ4v) is 2.35. The molecule has 0 bridgehead atoms. The van der Waals surface area contributed by atoms with Gasteiger partial charge in [0.1, 0.15) is 5.75 Å². The largest absolute Gasteiger partial charge is 0.494 e. The van der Waals surface area contributed by atoms with Gasteiger partial charge in [0.25, 0.3) is 15.7 Å². The van der Waals surface area contributed by atoms with Gasteiger partial charge in [-0.25, -0.2) is 0 Å². The molecule has 0 saturated heterocycles. The Morgan fingerprint density at radius 1 is 1.41 bits per heavy atom. The fraction of sp³-hybridized carbons (Fsp3) is 0.500. The zero-order valence-corrected chi connectivity index (χ0v) is 10.7. The van der Waals surface area contributed by atoms with Crippen molar-refractivity contribution in [1.82, 2.24) is 4.57 Å². The van der Waals surface area contributed by atoms with E-state index >= 15 is 0 Å². The molecule has 1 rings (SSSR count). The first-order chi connectivity index (χ1) is 7.63. The maximum atomic E-state index is 11.6. The lowest BCUT2D eigenvalue weighted by Crippen LogP contribution is -2.23. The maximum absolute atomic E-state index is 11.6. The molecule has 0 atom stereocenters. The van der Waals surface area contributed by atoms with Crippen LogP contribution in [-0.4, -0.2) is 22.6 Å². The van der Waals surface area contributed by atoms with Crippen molar-refractivity contribution in [3.63, 3.8) is 0 Å². The second-order valence-electron chi connectivity index (χ2n) is 4.16. The van der Waals surface area contributed by atoms with Crippen LogP contribution in [0.25, 0.3) is 0 Å². The predicted molar refractivity (Wildman–Crippen MR) is 62.7 cm³/mol. The van der Waals surface area contributed by atoms with E-state index in [1.165, 1.54) is 13.0 Å². The van der Waals surface area contributed by atoms with E-state index in [9.17, 15) is 18.3 Å². The molecular formula is C10H15NO5S. The summed E-state index contributed by atoms with van der Waals surface area (Å²) in [6.07, 6.45) is 0. The summed E-state index contributed by atoms with van der Waals surface area (Å²) in [4.78, 5) is 11.6. The van der Waals surface area contributed by atoms with Crippen LogP contribution in [0.1, 0.15) is 31.0 Å². The molecule has 1 heterocycles. The Kier molecular flexibility index (Phi) is 3.63. The van der Waals surface area contributed by atoms with Gasteiger partial charge in [-0.15, -0.1) is 0 Å². The lowest BCUT2D eigenvalue weighted by Gasteiger charge is -2.16. The van der Waals surface area contributed by atoms with Gasteiger partial charge in [-0.1, -0.05) is 0 Å². The van der Waals surface area contributed by atoms with Crippen LogP contribution in [0.5, 0.6) is 5.88 Å². The first kappa shape index (κ1) is 13.7. The molecule has 96 valence electrons. The fourth-order valence-electron chi connectivity index (χ4n) is 1.63. The van der Waals surface area contributed by atoms with E-state index in [2.05, 4.69) is 0 Å². The number of nitrogens with zero attached hydrogens (tertiary/aromatic N) is 1. The molecule has 0 aliphatic rings. The van der Waals surface area contributed by atoms with Crippen LogP contribution in [0.3, 0.4) is 0 Å². The summed E-state index contributed by atoms with van der Waals surface area (Å²) < 4.78 is 31.5. The summed E-state index contributed by atoms with van der Waals surface area (Å²) in [5, 5.41) is 9.87. The zero-order valence-electron chi connectivity index (χ0n) is 9.84. The molecule has 2 N–H and O–H groups in total. The summed E-state index contributed by atoms with van der Waals surface area (Å²) >= 11 is 0. The van der Waals surface area contributed by atoms with Crippen molar-refractivity contribution in [1.29, 1.82) is 0 Å². The van der Waals surface area contributed by atoms with Crippen molar-refractivity contribution in [2.24, 2.45) is 0 Å². The highest BCUT2D eigenvalue weighted by atomic mass is 32.2.